The van der Waals surface area contributed by atoms with Crippen LogP contribution in [-0.2, 0) is 65.4 Å². The lowest BCUT2D eigenvalue weighted by atomic mass is 10.0. The van der Waals surface area contributed by atoms with E-state index in [4.69, 9.17) is 37.0 Å². The van der Waals surface area contributed by atoms with Crippen molar-refractivity contribution in [2.45, 2.75) is 367 Å². The van der Waals surface area contributed by atoms with Gasteiger partial charge in [-0.1, -0.05) is 306 Å². The lowest BCUT2D eigenvalue weighted by Crippen LogP contribution is -2.30. The minimum Gasteiger partial charge on any atom is -0.462 e. The van der Waals surface area contributed by atoms with Crippen LogP contribution in [0, 0.1) is 0 Å². The molecule has 0 aromatic rings. The van der Waals surface area contributed by atoms with Gasteiger partial charge in [0.2, 0.25) is 0 Å². The summed E-state index contributed by atoms with van der Waals surface area (Å²) in [6.07, 6.45) is 71.7. The fraction of sp³-hybridized carbons (Fsp3) is 0.797. The normalized spacial score (nSPS) is 14.3. The molecular formula is C79H142O17P2. The molecule has 0 saturated heterocycles. The number of aliphatic hydroxyl groups excluding tert-OH is 1. The molecule has 5 atom stereocenters. The van der Waals surface area contributed by atoms with Crippen molar-refractivity contribution in [3.8, 4) is 0 Å². The number of aliphatic hydroxyl groups is 1. The molecule has 19 heteroatoms. The summed E-state index contributed by atoms with van der Waals surface area (Å²) in [7, 11) is -9.95. The fourth-order valence-corrected chi connectivity index (χ4v) is 12.3. The molecule has 0 spiro atoms. The molecule has 570 valence electrons. The Morgan fingerprint density at radius 1 is 0.296 bits per heavy atom. The van der Waals surface area contributed by atoms with E-state index in [0.29, 0.717) is 32.1 Å². The molecule has 3 N–H and O–H groups in total. The van der Waals surface area contributed by atoms with Crippen LogP contribution in [0.3, 0.4) is 0 Å². The number of carbonyl (C=O) groups excluding carboxylic acids is 4. The van der Waals surface area contributed by atoms with Crippen molar-refractivity contribution in [1.29, 1.82) is 0 Å². The molecule has 0 aromatic carbocycles. The molecule has 0 aromatic heterocycles. The molecule has 98 heavy (non-hydrogen) atoms. The minimum absolute atomic E-state index is 0.0682. The highest BCUT2D eigenvalue weighted by molar-refractivity contribution is 7.47. The SMILES string of the molecule is CCCCC/C=C\C/C=C\C/C=C\C/C=C\CCCC(=O)OC[C@H](COP(=O)(O)OC[C@@H](O)COP(=O)(O)OC[C@@H](COC(=O)CCCCCCCCCCCCCCC)OC(=O)CCCCCCCCCCCCCCC)OC(=O)CCCCCCC/C=C\C=C/CCCCCC. The van der Waals surface area contributed by atoms with Gasteiger partial charge in [0.1, 0.15) is 19.3 Å². The second kappa shape index (κ2) is 71.9. The topological polar surface area (TPSA) is 237 Å². The number of carbonyl (C=O) groups is 4. The standard InChI is InChI=1S/C79H142O17P2/c1-5-9-13-17-21-25-29-33-35-36-38-41-44-48-52-56-60-64-77(82)90-70-75(96-79(84)66-62-58-54-50-46-42-37-34-30-26-22-18-14-10-6-2)72-94-98(87,88)92-68-73(80)67-91-97(85,86)93-71-74(95-78(83)65-61-57-53-49-45-40-32-28-24-20-16-12-8-4)69-89-76(81)63-59-55-51-47-43-39-31-27-23-19-15-11-7-3/h21,25-26,30,33-35,37-38,41,48,52,73-75,80H,5-20,22-24,27-29,31-32,36,39-40,42-47,49-51,53-72H2,1-4H3,(H,85,86)(H,87,88)/b25-21-,30-26-,35-33-,37-34-,41-38-,52-48-/t73-,74+,75+/m0/s1. The highest BCUT2D eigenvalue weighted by atomic mass is 31.2. The third-order valence-electron chi connectivity index (χ3n) is 16.7. The van der Waals surface area contributed by atoms with Gasteiger partial charge in [0.05, 0.1) is 26.4 Å². The summed E-state index contributed by atoms with van der Waals surface area (Å²) in [5, 5.41) is 10.6. The number of phosphoric ester groups is 2. The van der Waals surface area contributed by atoms with Gasteiger partial charge in [-0.05, 0) is 89.9 Å². The fourth-order valence-electron chi connectivity index (χ4n) is 10.7. The van der Waals surface area contributed by atoms with Crippen molar-refractivity contribution in [1.82, 2.24) is 0 Å². The summed E-state index contributed by atoms with van der Waals surface area (Å²) in [6, 6.07) is 0. The van der Waals surface area contributed by atoms with Gasteiger partial charge in [0, 0.05) is 25.7 Å². The van der Waals surface area contributed by atoms with Gasteiger partial charge >= 0.3 is 39.5 Å². The maximum Gasteiger partial charge on any atom is 0.472 e. The molecule has 0 amide bonds. The Morgan fingerprint density at radius 2 is 0.541 bits per heavy atom. The summed E-state index contributed by atoms with van der Waals surface area (Å²) in [5.74, 6) is -2.23. The predicted molar refractivity (Wildman–Crippen MR) is 400 cm³/mol. The summed E-state index contributed by atoms with van der Waals surface area (Å²) < 4.78 is 68.5. The van der Waals surface area contributed by atoms with E-state index in [1.54, 1.807) is 0 Å². The molecule has 2 unspecified atom stereocenters. The van der Waals surface area contributed by atoms with Crippen LogP contribution >= 0.6 is 15.6 Å². The van der Waals surface area contributed by atoms with Gasteiger partial charge in [-0.25, -0.2) is 9.13 Å². The molecule has 0 aliphatic rings. The lowest BCUT2D eigenvalue weighted by molar-refractivity contribution is -0.161. The zero-order valence-electron chi connectivity index (χ0n) is 62.2. The Morgan fingerprint density at radius 3 is 0.898 bits per heavy atom. The number of hydrogen-bond acceptors (Lipinski definition) is 15. The van der Waals surface area contributed by atoms with Crippen molar-refractivity contribution < 1.29 is 80.2 Å². The van der Waals surface area contributed by atoms with Crippen LogP contribution in [0.25, 0.3) is 0 Å². The average molecular weight is 1430 g/mol. The second-order valence-corrected chi connectivity index (χ2v) is 29.2. The quantitative estimate of drug-likeness (QED) is 0.0128. The first kappa shape index (κ1) is 94.5. The van der Waals surface area contributed by atoms with Gasteiger partial charge < -0.3 is 33.8 Å². The Kier molecular flexibility index (Phi) is 69.3. The van der Waals surface area contributed by atoms with Crippen LogP contribution in [0.15, 0.2) is 72.9 Å². The van der Waals surface area contributed by atoms with Crippen LogP contribution in [-0.4, -0.2) is 96.7 Å². The van der Waals surface area contributed by atoms with Crippen LogP contribution in [0.1, 0.15) is 349 Å². The molecule has 0 saturated carbocycles. The van der Waals surface area contributed by atoms with Crippen molar-refractivity contribution in [3.63, 3.8) is 0 Å². The smallest absolute Gasteiger partial charge is 0.462 e. The first-order valence-electron chi connectivity index (χ1n) is 39.2. The first-order valence-corrected chi connectivity index (χ1v) is 42.2. The van der Waals surface area contributed by atoms with E-state index < -0.39 is 97.5 Å². The molecule has 0 aliphatic heterocycles. The highest BCUT2D eigenvalue weighted by Crippen LogP contribution is 2.45. The van der Waals surface area contributed by atoms with Gasteiger partial charge in [0.15, 0.2) is 12.2 Å². The number of rotatable bonds is 74. The van der Waals surface area contributed by atoms with Crippen LogP contribution < -0.4 is 0 Å². The molecule has 0 heterocycles. The zero-order chi connectivity index (χ0) is 71.8. The molecule has 0 radical (unpaired) electrons. The molecular weight excluding hydrogens is 1280 g/mol. The van der Waals surface area contributed by atoms with Gasteiger partial charge in [0.25, 0.3) is 0 Å². The molecule has 0 bridgehead atoms. The van der Waals surface area contributed by atoms with E-state index in [2.05, 4.69) is 88.5 Å². The number of unbranched alkanes of at least 4 members (excludes halogenated alkanes) is 37. The third-order valence-corrected chi connectivity index (χ3v) is 18.6. The number of esters is 4. The Balaban J connectivity index is 5.38. The summed E-state index contributed by atoms with van der Waals surface area (Å²) in [4.78, 5) is 72.8. The number of allylic oxidation sites excluding steroid dienone is 12. The summed E-state index contributed by atoms with van der Waals surface area (Å²) in [5.41, 5.74) is 0. The Labute approximate surface area is 596 Å². The Hall–Kier alpha value is -3.50. The Bertz CT molecular complexity index is 2140. The molecule has 17 nitrogen and oxygen atoms in total. The third kappa shape index (κ3) is 70.9. The van der Waals surface area contributed by atoms with E-state index in [1.807, 2.05) is 12.2 Å². The largest absolute Gasteiger partial charge is 0.472 e. The number of hydrogen-bond donors (Lipinski definition) is 3. The van der Waals surface area contributed by atoms with Gasteiger partial charge in [-0.15, -0.1) is 0 Å². The predicted octanol–water partition coefficient (Wildman–Crippen LogP) is 22.4. The molecule has 0 fully saturated rings. The van der Waals surface area contributed by atoms with Crippen molar-refractivity contribution in [3.05, 3.63) is 72.9 Å². The zero-order valence-corrected chi connectivity index (χ0v) is 64.0. The van der Waals surface area contributed by atoms with E-state index in [-0.39, 0.29) is 25.7 Å². The number of ether oxygens (including phenoxy) is 4. The number of phosphoric acid groups is 2. The van der Waals surface area contributed by atoms with E-state index >= 15 is 0 Å². The average Bonchev–Trinajstić information content (AvgIpc) is 1.05. The lowest BCUT2D eigenvalue weighted by Gasteiger charge is -2.21. The van der Waals surface area contributed by atoms with Crippen LogP contribution in [0.4, 0.5) is 0 Å². The van der Waals surface area contributed by atoms with Crippen molar-refractivity contribution in [2.75, 3.05) is 39.6 Å². The summed E-state index contributed by atoms with van der Waals surface area (Å²) in [6.45, 7) is 4.80. The van der Waals surface area contributed by atoms with Crippen LogP contribution in [0.5, 0.6) is 0 Å². The monoisotopic (exact) mass is 1420 g/mol. The first-order chi connectivity index (χ1) is 47.7. The molecule has 0 aliphatic carbocycles. The summed E-state index contributed by atoms with van der Waals surface area (Å²) >= 11 is 0. The minimum atomic E-state index is -4.98. The van der Waals surface area contributed by atoms with Gasteiger partial charge in [-0.3, -0.25) is 37.3 Å². The molecule has 0 rings (SSSR count). The second-order valence-electron chi connectivity index (χ2n) is 26.3. The maximum absolute atomic E-state index is 13.1. The van der Waals surface area contributed by atoms with E-state index in [9.17, 15) is 43.2 Å². The van der Waals surface area contributed by atoms with Crippen LogP contribution in [0.2, 0.25) is 0 Å². The van der Waals surface area contributed by atoms with E-state index in [0.717, 1.165) is 109 Å². The van der Waals surface area contributed by atoms with E-state index in [1.165, 1.54) is 154 Å². The maximum atomic E-state index is 13.1. The van der Waals surface area contributed by atoms with Gasteiger partial charge in [-0.2, -0.15) is 0 Å². The highest BCUT2D eigenvalue weighted by Gasteiger charge is 2.30. The van der Waals surface area contributed by atoms with Crippen molar-refractivity contribution >= 4 is 39.5 Å². The van der Waals surface area contributed by atoms with Crippen molar-refractivity contribution in [2.24, 2.45) is 0 Å².